The van der Waals surface area contributed by atoms with Gasteiger partial charge in [0.05, 0.1) is 10.6 Å². The Morgan fingerprint density at radius 2 is 1.81 bits per heavy atom. The lowest BCUT2D eigenvalue weighted by Crippen LogP contribution is -2.38. The molecule has 0 aliphatic carbocycles. The smallest absolute Gasteiger partial charge is 0.255 e. The van der Waals surface area contributed by atoms with Gasteiger partial charge in [-0.15, -0.1) is 0 Å². The fraction of sp³-hybridized carbons (Fsp3) is 0.263. The Balaban J connectivity index is 1.68. The first-order valence-corrected chi connectivity index (χ1v) is 9.17. The van der Waals surface area contributed by atoms with Gasteiger partial charge in [-0.3, -0.25) is 9.59 Å². The van der Waals surface area contributed by atoms with Crippen LogP contribution in [0.3, 0.4) is 0 Å². The summed E-state index contributed by atoms with van der Waals surface area (Å²) in [5, 5.41) is 3.45. The molecule has 3 rings (SSSR count). The molecule has 2 amide bonds. The van der Waals surface area contributed by atoms with E-state index in [9.17, 15) is 9.59 Å². The Kier molecular flexibility index (Phi) is 6.08. The lowest BCUT2D eigenvalue weighted by Gasteiger charge is -2.22. The topological polar surface area (TPSA) is 67.9 Å². The van der Waals surface area contributed by atoms with Crippen molar-refractivity contribution in [1.29, 1.82) is 0 Å². The largest absolute Gasteiger partial charge is 0.486 e. The fourth-order valence-electron chi connectivity index (χ4n) is 2.65. The molecule has 142 valence electrons. The minimum atomic E-state index is -0.359. The molecule has 0 radical (unpaired) electrons. The summed E-state index contributed by atoms with van der Waals surface area (Å²) in [4.78, 5) is 26.5. The van der Waals surface area contributed by atoms with Gasteiger partial charge >= 0.3 is 0 Å². The SMILES string of the molecule is CCN(CC(=O)Nc1ccc2c(c1)OCCO2)C(=O)c1cc(Cl)ccc1Cl. The number of halogens is 2. The molecule has 0 spiro atoms. The van der Waals surface area contributed by atoms with Crippen molar-refractivity contribution in [2.45, 2.75) is 6.92 Å². The molecule has 0 fully saturated rings. The number of carbonyl (C=O) groups is 2. The van der Waals surface area contributed by atoms with Gasteiger partial charge in [0.1, 0.15) is 19.8 Å². The van der Waals surface area contributed by atoms with Crippen LogP contribution in [0.15, 0.2) is 36.4 Å². The molecular weight excluding hydrogens is 391 g/mol. The van der Waals surface area contributed by atoms with E-state index in [1.54, 1.807) is 37.3 Å². The summed E-state index contributed by atoms with van der Waals surface area (Å²) in [5.41, 5.74) is 0.826. The molecule has 0 aromatic heterocycles. The predicted octanol–water partition coefficient (Wildman–Crippen LogP) is 3.87. The van der Waals surface area contributed by atoms with Gasteiger partial charge in [-0.2, -0.15) is 0 Å². The van der Waals surface area contributed by atoms with Gasteiger partial charge in [-0.05, 0) is 37.3 Å². The second-order valence-corrected chi connectivity index (χ2v) is 6.69. The van der Waals surface area contributed by atoms with Gasteiger partial charge in [0.2, 0.25) is 5.91 Å². The molecule has 1 heterocycles. The molecule has 1 N–H and O–H groups in total. The lowest BCUT2D eigenvalue weighted by molar-refractivity contribution is -0.116. The molecule has 0 bridgehead atoms. The van der Waals surface area contributed by atoms with E-state index < -0.39 is 0 Å². The van der Waals surface area contributed by atoms with E-state index in [4.69, 9.17) is 32.7 Å². The first-order chi connectivity index (χ1) is 13.0. The van der Waals surface area contributed by atoms with E-state index >= 15 is 0 Å². The van der Waals surface area contributed by atoms with Crippen molar-refractivity contribution in [1.82, 2.24) is 4.90 Å². The van der Waals surface area contributed by atoms with Crippen LogP contribution in [-0.2, 0) is 4.79 Å². The second kappa shape index (κ2) is 8.50. The number of likely N-dealkylation sites (N-methyl/N-ethyl adjacent to an activating group) is 1. The van der Waals surface area contributed by atoms with Crippen LogP contribution in [-0.4, -0.2) is 43.0 Å². The zero-order chi connectivity index (χ0) is 19.4. The Morgan fingerprint density at radius 1 is 1.07 bits per heavy atom. The number of rotatable bonds is 5. The molecule has 0 saturated carbocycles. The van der Waals surface area contributed by atoms with Crippen molar-refractivity contribution in [2.75, 3.05) is 31.6 Å². The maximum absolute atomic E-state index is 12.7. The van der Waals surface area contributed by atoms with E-state index in [2.05, 4.69) is 5.32 Å². The zero-order valence-electron chi connectivity index (χ0n) is 14.6. The minimum absolute atomic E-state index is 0.118. The molecular formula is C19H18Cl2N2O4. The highest BCUT2D eigenvalue weighted by Gasteiger charge is 2.20. The number of ether oxygens (including phenoxy) is 2. The van der Waals surface area contributed by atoms with Crippen LogP contribution in [0.1, 0.15) is 17.3 Å². The van der Waals surface area contributed by atoms with E-state index in [1.165, 1.54) is 11.0 Å². The molecule has 27 heavy (non-hydrogen) atoms. The van der Waals surface area contributed by atoms with Gasteiger partial charge in [0.25, 0.3) is 5.91 Å². The van der Waals surface area contributed by atoms with Crippen LogP contribution >= 0.6 is 23.2 Å². The van der Waals surface area contributed by atoms with Crippen LogP contribution in [0, 0.1) is 0 Å². The van der Waals surface area contributed by atoms with Crippen LogP contribution < -0.4 is 14.8 Å². The second-order valence-electron chi connectivity index (χ2n) is 5.85. The average molecular weight is 409 g/mol. The van der Waals surface area contributed by atoms with Gasteiger partial charge in [-0.1, -0.05) is 23.2 Å². The normalized spacial score (nSPS) is 12.4. The summed E-state index contributed by atoms with van der Waals surface area (Å²) in [6, 6.07) is 9.80. The first kappa shape index (κ1) is 19.3. The van der Waals surface area contributed by atoms with Gasteiger partial charge in [0.15, 0.2) is 11.5 Å². The van der Waals surface area contributed by atoms with E-state index in [0.717, 1.165) is 0 Å². The molecule has 0 saturated heterocycles. The Bertz CT molecular complexity index is 873. The van der Waals surface area contributed by atoms with Gasteiger partial charge in [-0.25, -0.2) is 0 Å². The van der Waals surface area contributed by atoms with E-state index in [1.807, 2.05) is 0 Å². The number of nitrogens with one attached hydrogen (secondary N) is 1. The maximum Gasteiger partial charge on any atom is 0.255 e. The predicted molar refractivity (Wildman–Crippen MR) is 104 cm³/mol. The van der Waals surface area contributed by atoms with E-state index in [0.29, 0.717) is 42.0 Å². The maximum atomic E-state index is 12.7. The lowest BCUT2D eigenvalue weighted by atomic mass is 10.2. The minimum Gasteiger partial charge on any atom is -0.486 e. The molecule has 2 aromatic carbocycles. The Morgan fingerprint density at radius 3 is 2.56 bits per heavy atom. The number of carbonyl (C=O) groups excluding carboxylic acids is 2. The number of nitrogens with zero attached hydrogens (tertiary/aromatic N) is 1. The van der Waals surface area contributed by atoms with E-state index in [-0.39, 0.29) is 28.9 Å². The summed E-state index contributed by atoms with van der Waals surface area (Å²) >= 11 is 12.0. The number of benzene rings is 2. The number of amides is 2. The molecule has 8 heteroatoms. The summed E-state index contributed by atoms with van der Waals surface area (Å²) in [6.45, 7) is 2.97. The quantitative estimate of drug-likeness (QED) is 0.815. The van der Waals surface area contributed by atoms with Crippen molar-refractivity contribution in [3.63, 3.8) is 0 Å². The van der Waals surface area contributed by atoms with Crippen LogP contribution in [0.4, 0.5) is 5.69 Å². The van der Waals surface area contributed by atoms with Crippen LogP contribution in [0.25, 0.3) is 0 Å². The standard InChI is InChI=1S/C19H18Cl2N2O4/c1-2-23(19(25)14-9-12(20)3-5-15(14)21)11-18(24)22-13-4-6-16-17(10-13)27-8-7-26-16/h3-6,9-10H,2,7-8,11H2,1H3,(H,22,24). The summed E-state index contributed by atoms with van der Waals surface area (Å²) in [6.07, 6.45) is 0. The average Bonchev–Trinajstić information content (AvgIpc) is 2.67. The molecule has 1 aliphatic heterocycles. The summed E-state index contributed by atoms with van der Waals surface area (Å²) < 4.78 is 11.0. The number of hydrogen-bond acceptors (Lipinski definition) is 4. The third-order valence-electron chi connectivity index (χ3n) is 3.99. The number of hydrogen-bond donors (Lipinski definition) is 1. The van der Waals surface area contributed by atoms with Crippen molar-refractivity contribution in [2.24, 2.45) is 0 Å². The third-order valence-corrected chi connectivity index (χ3v) is 4.55. The highest BCUT2D eigenvalue weighted by atomic mass is 35.5. The number of anilines is 1. The molecule has 1 aliphatic rings. The first-order valence-electron chi connectivity index (χ1n) is 8.41. The summed E-state index contributed by atoms with van der Waals surface area (Å²) in [5.74, 6) is 0.524. The van der Waals surface area contributed by atoms with Crippen LogP contribution in [0.5, 0.6) is 11.5 Å². The zero-order valence-corrected chi connectivity index (χ0v) is 16.1. The van der Waals surface area contributed by atoms with Crippen molar-refractivity contribution < 1.29 is 19.1 Å². The Hall–Kier alpha value is -2.44. The Labute approximate surface area is 167 Å². The van der Waals surface area contributed by atoms with Gasteiger partial charge < -0.3 is 19.7 Å². The summed E-state index contributed by atoms with van der Waals surface area (Å²) in [7, 11) is 0. The fourth-order valence-corrected chi connectivity index (χ4v) is 3.02. The van der Waals surface area contributed by atoms with Crippen molar-refractivity contribution >= 4 is 40.7 Å². The molecule has 0 unspecified atom stereocenters. The monoisotopic (exact) mass is 408 g/mol. The highest BCUT2D eigenvalue weighted by molar-refractivity contribution is 6.35. The van der Waals surface area contributed by atoms with Gasteiger partial charge in [0, 0.05) is 23.3 Å². The molecule has 0 atom stereocenters. The third kappa shape index (κ3) is 4.64. The number of fused-ring (bicyclic) bond motifs is 1. The highest BCUT2D eigenvalue weighted by Crippen LogP contribution is 2.32. The molecule has 6 nitrogen and oxygen atoms in total. The molecule has 2 aromatic rings. The van der Waals surface area contributed by atoms with Crippen molar-refractivity contribution in [3.05, 3.63) is 52.0 Å². The van der Waals surface area contributed by atoms with Crippen LogP contribution in [0.2, 0.25) is 10.0 Å². The van der Waals surface area contributed by atoms with Crippen molar-refractivity contribution in [3.8, 4) is 11.5 Å².